The predicted octanol–water partition coefficient (Wildman–Crippen LogP) is 2.61. The average molecular weight is 383 g/mol. The van der Waals surface area contributed by atoms with Gasteiger partial charge in [0.25, 0.3) is 0 Å². The van der Waals surface area contributed by atoms with Gasteiger partial charge in [0.05, 0.1) is 31.0 Å². The Balaban J connectivity index is 1.61. The molecule has 1 saturated heterocycles. The number of nitrogens with one attached hydrogen (secondary N) is 1. The molecular weight excluding hydrogens is 354 g/mol. The number of para-hydroxylation sites is 1. The molecule has 150 valence electrons. The summed E-state index contributed by atoms with van der Waals surface area (Å²) in [7, 11) is 0. The summed E-state index contributed by atoms with van der Waals surface area (Å²) in [6, 6.07) is 10.0. The molecule has 0 atom stereocenters. The summed E-state index contributed by atoms with van der Waals surface area (Å²) in [5.74, 6) is 0.817. The van der Waals surface area contributed by atoms with Crippen molar-refractivity contribution in [2.75, 3.05) is 26.2 Å². The van der Waals surface area contributed by atoms with E-state index in [1.54, 1.807) is 0 Å². The molecule has 0 spiro atoms. The Morgan fingerprint density at radius 1 is 1.25 bits per heavy atom. The molecule has 0 amide bonds. The first-order valence-electron chi connectivity index (χ1n) is 10.00. The van der Waals surface area contributed by atoms with Gasteiger partial charge in [-0.3, -0.25) is 4.79 Å². The van der Waals surface area contributed by atoms with Crippen LogP contribution in [0.3, 0.4) is 0 Å². The number of carbonyl (C=O) groups is 1. The summed E-state index contributed by atoms with van der Waals surface area (Å²) in [6.45, 7) is 7.33. The van der Waals surface area contributed by atoms with Gasteiger partial charge in [-0.05, 0) is 38.8 Å². The Labute approximate surface area is 166 Å². The number of hydrogen-bond donors (Lipinski definition) is 1. The van der Waals surface area contributed by atoms with Gasteiger partial charge in [0.2, 0.25) is 0 Å². The predicted molar refractivity (Wildman–Crippen MR) is 109 cm³/mol. The number of nitrogens with zero attached hydrogens (tertiary/aromatic N) is 4. The Morgan fingerprint density at radius 3 is 2.68 bits per heavy atom. The van der Waals surface area contributed by atoms with E-state index < -0.39 is 0 Å². The van der Waals surface area contributed by atoms with Crippen molar-refractivity contribution in [1.29, 1.82) is 0 Å². The molecule has 1 N–H and O–H groups in total. The summed E-state index contributed by atoms with van der Waals surface area (Å²) in [6.07, 6.45) is 5.47. The third kappa shape index (κ3) is 5.12. The Morgan fingerprint density at radius 2 is 2.00 bits per heavy atom. The molecule has 7 heteroatoms. The van der Waals surface area contributed by atoms with Gasteiger partial charge in [-0.2, -0.15) is 5.10 Å². The molecule has 1 aromatic carbocycles. The highest BCUT2D eigenvalue weighted by Crippen LogP contribution is 2.19. The molecule has 0 radical (unpaired) electrons. The lowest BCUT2D eigenvalue weighted by atomic mass is 9.97. The minimum atomic E-state index is -0.0718. The van der Waals surface area contributed by atoms with Gasteiger partial charge in [-0.15, -0.1) is 0 Å². The van der Waals surface area contributed by atoms with Gasteiger partial charge >= 0.3 is 5.97 Å². The van der Waals surface area contributed by atoms with Crippen LogP contribution in [-0.4, -0.2) is 52.9 Å². The molecule has 28 heavy (non-hydrogen) atoms. The number of piperidine rings is 1. The van der Waals surface area contributed by atoms with Crippen LogP contribution in [-0.2, 0) is 16.1 Å². The lowest BCUT2D eigenvalue weighted by Crippen LogP contribution is -2.46. The number of aliphatic imine (C=N–C) groups is 1. The van der Waals surface area contributed by atoms with Gasteiger partial charge < -0.3 is 15.0 Å². The highest BCUT2D eigenvalue weighted by molar-refractivity contribution is 5.80. The fraction of sp³-hybridized carbons (Fsp3) is 0.476. The first-order chi connectivity index (χ1) is 13.7. The molecule has 1 aliphatic heterocycles. The lowest BCUT2D eigenvalue weighted by molar-refractivity contribution is -0.149. The van der Waals surface area contributed by atoms with Gasteiger partial charge in [0.15, 0.2) is 5.96 Å². The third-order valence-electron chi connectivity index (χ3n) is 4.82. The molecule has 1 aliphatic rings. The van der Waals surface area contributed by atoms with Crippen LogP contribution in [0.25, 0.3) is 5.69 Å². The van der Waals surface area contributed by atoms with Crippen molar-refractivity contribution in [1.82, 2.24) is 20.0 Å². The summed E-state index contributed by atoms with van der Waals surface area (Å²) in [4.78, 5) is 18.9. The maximum absolute atomic E-state index is 11.9. The molecule has 1 aromatic heterocycles. The van der Waals surface area contributed by atoms with Crippen molar-refractivity contribution in [2.45, 2.75) is 33.2 Å². The maximum atomic E-state index is 11.9. The number of likely N-dealkylation sites (tertiary alicyclic amines) is 1. The van der Waals surface area contributed by atoms with Crippen LogP contribution in [0.2, 0.25) is 0 Å². The van der Waals surface area contributed by atoms with E-state index in [0.29, 0.717) is 13.2 Å². The molecule has 2 aromatic rings. The van der Waals surface area contributed by atoms with E-state index in [0.717, 1.165) is 49.7 Å². The van der Waals surface area contributed by atoms with E-state index in [-0.39, 0.29) is 11.9 Å². The Bertz CT molecular complexity index is 779. The molecule has 0 aliphatic carbocycles. The molecule has 1 fully saturated rings. The molecule has 0 unspecified atom stereocenters. The number of benzene rings is 1. The van der Waals surface area contributed by atoms with Crippen molar-refractivity contribution in [3.05, 3.63) is 48.3 Å². The van der Waals surface area contributed by atoms with E-state index in [9.17, 15) is 4.79 Å². The number of hydrogen-bond acceptors (Lipinski definition) is 4. The smallest absolute Gasteiger partial charge is 0.309 e. The van der Waals surface area contributed by atoms with E-state index in [1.807, 2.05) is 54.3 Å². The Hall–Kier alpha value is -2.83. The highest BCUT2D eigenvalue weighted by Gasteiger charge is 2.27. The second-order valence-electron chi connectivity index (χ2n) is 6.81. The fourth-order valence-corrected chi connectivity index (χ4v) is 3.34. The second kappa shape index (κ2) is 9.92. The van der Waals surface area contributed by atoms with Crippen LogP contribution < -0.4 is 5.32 Å². The van der Waals surface area contributed by atoms with E-state index in [2.05, 4.69) is 22.2 Å². The zero-order valence-electron chi connectivity index (χ0n) is 16.7. The van der Waals surface area contributed by atoms with Gasteiger partial charge in [0.1, 0.15) is 0 Å². The van der Waals surface area contributed by atoms with E-state index >= 15 is 0 Å². The number of aromatic nitrogens is 2. The van der Waals surface area contributed by atoms with Crippen LogP contribution in [0.4, 0.5) is 0 Å². The van der Waals surface area contributed by atoms with Crippen LogP contribution in [0, 0.1) is 5.92 Å². The minimum Gasteiger partial charge on any atom is -0.466 e. The topological polar surface area (TPSA) is 71.8 Å². The monoisotopic (exact) mass is 383 g/mol. The zero-order valence-corrected chi connectivity index (χ0v) is 16.7. The highest BCUT2D eigenvalue weighted by atomic mass is 16.5. The standard InChI is InChI=1S/C21H29N5O2/c1-3-22-21(25-12-10-18(11-13-25)20(27)28-4-2)23-14-17-15-24-26(16-17)19-8-6-5-7-9-19/h5-9,15-16,18H,3-4,10-14H2,1-2H3,(H,22,23). The number of guanidine groups is 1. The summed E-state index contributed by atoms with van der Waals surface area (Å²) < 4.78 is 7.02. The van der Waals surface area contributed by atoms with E-state index in [4.69, 9.17) is 9.73 Å². The minimum absolute atomic E-state index is 0.00295. The van der Waals surface area contributed by atoms with Crippen LogP contribution in [0.15, 0.2) is 47.7 Å². The first kappa shape index (κ1) is 19.9. The second-order valence-corrected chi connectivity index (χ2v) is 6.81. The summed E-state index contributed by atoms with van der Waals surface area (Å²) in [5.41, 5.74) is 2.09. The van der Waals surface area contributed by atoms with Crippen LogP contribution >= 0.6 is 0 Å². The van der Waals surface area contributed by atoms with Gasteiger partial charge in [-0.1, -0.05) is 18.2 Å². The van der Waals surface area contributed by atoms with Gasteiger partial charge in [0, 0.05) is 31.4 Å². The summed E-state index contributed by atoms with van der Waals surface area (Å²) >= 11 is 0. The fourth-order valence-electron chi connectivity index (χ4n) is 3.34. The normalized spacial score (nSPS) is 15.5. The number of carbonyl (C=O) groups excluding carboxylic acids is 1. The SMILES string of the molecule is CCNC(=NCc1cnn(-c2ccccc2)c1)N1CCC(C(=O)OCC)CC1. The zero-order chi connectivity index (χ0) is 19.8. The molecular formula is C21H29N5O2. The third-order valence-corrected chi connectivity index (χ3v) is 4.82. The average Bonchev–Trinajstić information content (AvgIpc) is 3.21. The lowest BCUT2D eigenvalue weighted by Gasteiger charge is -2.33. The number of esters is 1. The molecule has 0 bridgehead atoms. The van der Waals surface area contributed by atoms with Crippen molar-refractivity contribution < 1.29 is 9.53 Å². The first-order valence-corrected chi connectivity index (χ1v) is 10.00. The van der Waals surface area contributed by atoms with E-state index in [1.165, 1.54) is 0 Å². The number of rotatable bonds is 6. The molecule has 2 heterocycles. The quantitative estimate of drug-likeness (QED) is 0.472. The van der Waals surface area contributed by atoms with Crippen molar-refractivity contribution in [3.8, 4) is 5.69 Å². The van der Waals surface area contributed by atoms with Crippen LogP contribution in [0.5, 0.6) is 0 Å². The largest absolute Gasteiger partial charge is 0.466 e. The number of ether oxygens (including phenoxy) is 1. The molecule has 0 saturated carbocycles. The summed E-state index contributed by atoms with van der Waals surface area (Å²) in [5, 5.41) is 7.79. The van der Waals surface area contributed by atoms with Gasteiger partial charge in [-0.25, -0.2) is 9.67 Å². The Kier molecular flexibility index (Phi) is 7.06. The van der Waals surface area contributed by atoms with Crippen LogP contribution in [0.1, 0.15) is 32.3 Å². The maximum Gasteiger partial charge on any atom is 0.309 e. The van der Waals surface area contributed by atoms with Crippen molar-refractivity contribution in [3.63, 3.8) is 0 Å². The molecule has 3 rings (SSSR count). The van der Waals surface area contributed by atoms with Crippen molar-refractivity contribution in [2.24, 2.45) is 10.9 Å². The van der Waals surface area contributed by atoms with Crippen molar-refractivity contribution >= 4 is 11.9 Å². The molecule has 7 nitrogen and oxygen atoms in total.